The number of aliphatic hydroxyl groups excluding tert-OH is 1. The van der Waals surface area contributed by atoms with Crippen LogP contribution in [0.15, 0.2) is 54.7 Å². The molecular weight excluding hydrogens is 262 g/mol. The highest BCUT2D eigenvalue weighted by atomic mass is 16.3. The van der Waals surface area contributed by atoms with Gasteiger partial charge < -0.3 is 14.8 Å². The van der Waals surface area contributed by atoms with E-state index in [1.165, 1.54) is 0 Å². The summed E-state index contributed by atoms with van der Waals surface area (Å²) >= 11 is 0. The van der Waals surface area contributed by atoms with Gasteiger partial charge in [-0.3, -0.25) is 0 Å². The van der Waals surface area contributed by atoms with Gasteiger partial charge in [-0.1, -0.05) is 36.4 Å². The highest BCUT2D eigenvalue weighted by molar-refractivity contribution is 5.42. The molecule has 0 spiro atoms. The molecule has 0 radical (unpaired) electrons. The van der Waals surface area contributed by atoms with E-state index in [1.54, 1.807) is 0 Å². The van der Waals surface area contributed by atoms with Crippen LogP contribution in [0.5, 0.6) is 0 Å². The second-order valence-corrected chi connectivity index (χ2v) is 5.10. The highest BCUT2D eigenvalue weighted by Gasteiger charge is 2.12. The van der Waals surface area contributed by atoms with Gasteiger partial charge in [-0.15, -0.1) is 0 Å². The van der Waals surface area contributed by atoms with Crippen LogP contribution in [-0.2, 0) is 6.54 Å². The van der Waals surface area contributed by atoms with Crippen LogP contribution in [0.3, 0.4) is 0 Å². The molecule has 0 aliphatic heterocycles. The zero-order valence-electron chi connectivity index (χ0n) is 12.0. The molecule has 1 aromatic carbocycles. The van der Waals surface area contributed by atoms with Gasteiger partial charge in [0.25, 0.3) is 0 Å². The van der Waals surface area contributed by atoms with E-state index in [1.807, 2.05) is 61.7 Å². The molecule has 0 amide bonds. The summed E-state index contributed by atoms with van der Waals surface area (Å²) in [7, 11) is 0. The Hall–Kier alpha value is -2.17. The number of pyridine rings is 1. The fourth-order valence-corrected chi connectivity index (χ4v) is 2.57. The van der Waals surface area contributed by atoms with Crippen molar-refractivity contribution in [1.82, 2.24) is 14.7 Å². The molecule has 0 saturated carbocycles. The lowest BCUT2D eigenvalue weighted by Gasteiger charge is -2.17. The Morgan fingerprint density at radius 2 is 1.90 bits per heavy atom. The van der Waals surface area contributed by atoms with Gasteiger partial charge in [-0.25, -0.2) is 4.98 Å². The fraction of sp³-hybridized carbons (Fsp3) is 0.235. The minimum Gasteiger partial charge on any atom is -0.394 e. The van der Waals surface area contributed by atoms with Crippen molar-refractivity contribution in [3.63, 3.8) is 0 Å². The summed E-state index contributed by atoms with van der Waals surface area (Å²) in [5, 5.41) is 13.0. The molecule has 1 unspecified atom stereocenters. The molecule has 2 heterocycles. The molecule has 108 valence electrons. The molecule has 2 aromatic heterocycles. The number of hydrogen-bond donors (Lipinski definition) is 2. The second kappa shape index (κ2) is 6.08. The van der Waals surface area contributed by atoms with Gasteiger partial charge >= 0.3 is 0 Å². The average Bonchev–Trinajstić information content (AvgIpc) is 2.85. The maximum atomic E-state index is 9.61. The van der Waals surface area contributed by atoms with Gasteiger partial charge in [0.2, 0.25) is 0 Å². The van der Waals surface area contributed by atoms with Crippen molar-refractivity contribution in [2.45, 2.75) is 19.5 Å². The molecule has 1 atom stereocenters. The van der Waals surface area contributed by atoms with E-state index in [9.17, 15) is 5.11 Å². The molecule has 0 aliphatic carbocycles. The molecule has 2 N–H and O–H groups in total. The number of aliphatic hydroxyl groups is 1. The van der Waals surface area contributed by atoms with Gasteiger partial charge in [0.05, 0.1) is 24.0 Å². The molecule has 4 nitrogen and oxygen atoms in total. The van der Waals surface area contributed by atoms with Crippen LogP contribution in [0.4, 0.5) is 0 Å². The largest absolute Gasteiger partial charge is 0.394 e. The van der Waals surface area contributed by atoms with Crippen LogP contribution in [0, 0.1) is 6.92 Å². The lowest BCUT2D eigenvalue weighted by atomic mass is 10.1. The first-order valence-electron chi connectivity index (χ1n) is 7.11. The lowest BCUT2D eigenvalue weighted by molar-refractivity contribution is 0.243. The zero-order chi connectivity index (χ0) is 14.7. The van der Waals surface area contributed by atoms with Crippen molar-refractivity contribution in [3.8, 4) is 0 Å². The SMILES string of the molecule is Cc1nc2ccccn2c1CNC(CO)c1ccccc1. The second-order valence-electron chi connectivity index (χ2n) is 5.10. The van der Waals surface area contributed by atoms with Crippen molar-refractivity contribution in [3.05, 3.63) is 71.7 Å². The summed E-state index contributed by atoms with van der Waals surface area (Å²) < 4.78 is 2.09. The Kier molecular flexibility index (Phi) is 3.99. The Balaban J connectivity index is 1.81. The quantitative estimate of drug-likeness (QED) is 0.755. The number of rotatable bonds is 5. The van der Waals surface area contributed by atoms with Crippen LogP contribution in [-0.4, -0.2) is 21.1 Å². The van der Waals surface area contributed by atoms with Gasteiger partial charge in [-0.2, -0.15) is 0 Å². The van der Waals surface area contributed by atoms with Crippen molar-refractivity contribution >= 4 is 5.65 Å². The Bertz CT molecular complexity index is 721. The van der Waals surface area contributed by atoms with Gasteiger partial charge in [0, 0.05) is 12.7 Å². The number of benzene rings is 1. The van der Waals surface area contributed by atoms with E-state index in [0.717, 1.165) is 22.6 Å². The highest BCUT2D eigenvalue weighted by Crippen LogP contribution is 2.15. The lowest BCUT2D eigenvalue weighted by Crippen LogP contribution is -2.24. The molecule has 0 aliphatic rings. The van der Waals surface area contributed by atoms with Crippen molar-refractivity contribution < 1.29 is 5.11 Å². The smallest absolute Gasteiger partial charge is 0.137 e. The number of aryl methyl sites for hydroxylation is 1. The summed E-state index contributed by atoms with van der Waals surface area (Å²) in [4.78, 5) is 4.55. The standard InChI is InChI=1S/C17H19N3O/c1-13-16(20-10-6-5-9-17(20)19-13)11-18-15(12-21)14-7-3-2-4-8-14/h2-10,15,18,21H,11-12H2,1H3. The monoisotopic (exact) mass is 281 g/mol. The van der Waals surface area contributed by atoms with Gasteiger partial charge in [-0.05, 0) is 24.6 Å². The zero-order valence-corrected chi connectivity index (χ0v) is 12.0. The molecular formula is C17H19N3O. The molecule has 0 saturated heterocycles. The summed E-state index contributed by atoms with van der Waals surface area (Å²) in [5.41, 5.74) is 4.18. The van der Waals surface area contributed by atoms with Crippen LogP contribution in [0.1, 0.15) is 23.0 Å². The average molecular weight is 281 g/mol. The molecule has 0 fully saturated rings. The van der Waals surface area contributed by atoms with E-state index in [0.29, 0.717) is 6.54 Å². The van der Waals surface area contributed by atoms with Crippen molar-refractivity contribution in [1.29, 1.82) is 0 Å². The molecule has 3 aromatic rings. The number of imidazole rings is 1. The van der Waals surface area contributed by atoms with Crippen LogP contribution < -0.4 is 5.32 Å². The van der Waals surface area contributed by atoms with Crippen LogP contribution >= 0.6 is 0 Å². The van der Waals surface area contributed by atoms with E-state index in [2.05, 4.69) is 14.7 Å². The number of aromatic nitrogens is 2. The van der Waals surface area contributed by atoms with Crippen LogP contribution in [0.2, 0.25) is 0 Å². The summed E-state index contributed by atoms with van der Waals surface area (Å²) in [6, 6.07) is 15.9. The third-order valence-corrected chi connectivity index (χ3v) is 3.73. The summed E-state index contributed by atoms with van der Waals surface area (Å²) in [6.45, 7) is 2.75. The van der Waals surface area contributed by atoms with Crippen molar-refractivity contribution in [2.75, 3.05) is 6.61 Å². The van der Waals surface area contributed by atoms with E-state index < -0.39 is 0 Å². The predicted octanol–water partition coefficient (Wildman–Crippen LogP) is 2.47. The number of nitrogens with one attached hydrogen (secondary N) is 1. The van der Waals surface area contributed by atoms with E-state index in [-0.39, 0.29) is 12.6 Å². The number of fused-ring (bicyclic) bond motifs is 1. The van der Waals surface area contributed by atoms with E-state index in [4.69, 9.17) is 0 Å². The summed E-state index contributed by atoms with van der Waals surface area (Å²) in [5.74, 6) is 0. The first-order chi connectivity index (χ1) is 10.3. The number of nitrogens with zero attached hydrogens (tertiary/aromatic N) is 2. The third-order valence-electron chi connectivity index (χ3n) is 3.73. The van der Waals surface area contributed by atoms with Gasteiger partial charge in [0.1, 0.15) is 5.65 Å². The fourth-order valence-electron chi connectivity index (χ4n) is 2.57. The minimum atomic E-state index is -0.0696. The topological polar surface area (TPSA) is 49.6 Å². The summed E-state index contributed by atoms with van der Waals surface area (Å²) in [6.07, 6.45) is 2.02. The van der Waals surface area contributed by atoms with E-state index >= 15 is 0 Å². The Morgan fingerprint density at radius 1 is 1.14 bits per heavy atom. The normalized spacial score (nSPS) is 12.7. The Morgan fingerprint density at radius 3 is 2.67 bits per heavy atom. The Labute approximate surface area is 124 Å². The minimum absolute atomic E-state index is 0.0692. The maximum absolute atomic E-state index is 9.61. The number of hydrogen-bond acceptors (Lipinski definition) is 3. The first-order valence-corrected chi connectivity index (χ1v) is 7.11. The van der Waals surface area contributed by atoms with Crippen molar-refractivity contribution in [2.24, 2.45) is 0 Å². The predicted molar refractivity (Wildman–Crippen MR) is 83.0 cm³/mol. The molecule has 0 bridgehead atoms. The van der Waals surface area contributed by atoms with Gasteiger partial charge in [0.15, 0.2) is 0 Å². The molecule has 21 heavy (non-hydrogen) atoms. The molecule has 4 heteroatoms. The van der Waals surface area contributed by atoms with Crippen LogP contribution in [0.25, 0.3) is 5.65 Å². The maximum Gasteiger partial charge on any atom is 0.137 e. The molecule has 3 rings (SSSR count). The first kappa shape index (κ1) is 13.8. The third kappa shape index (κ3) is 2.82.